The van der Waals surface area contributed by atoms with Gasteiger partial charge in [-0.3, -0.25) is 4.79 Å². The van der Waals surface area contributed by atoms with Crippen LogP contribution in [0.3, 0.4) is 0 Å². The molecule has 0 amide bonds. The van der Waals surface area contributed by atoms with Crippen LogP contribution in [-0.2, 0) is 49.6 Å². The third-order valence-corrected chi connectivity index (χ3v) is 0. The molecule has 0 saturated carbocycles. The maximum Gasteiger partial charge on any atom is 1.00 e. The third-order valence-electron chi connectivity index (χ3n) is 0. The molecule has 0 atom stereocenters. The van der Waals surface area contributed by atoms with E-state index in [0.29, 0.717) is 0 Å². The molecule has 0 heterocycles. The maximum atomic E-state index is 9.00. The van der Waals surface area contributed by atoms with Gasteiger partial charge in [0.15, 0.2) is 0 Å². The molecule has 0 aliphatic heterocycles. The van der Waals surface area contributed by atoms with E-state index < -0.39 is 12.1 Å². The first-order chi connectivity index (χ1) is 3.46. The molecule has 5 nitrogen and oxygen atoms in total. The second-order valence-electron chi connectivity index (χ2n) is 0.769. The van der Waals surface area contributed by atoms with Crippen LogP contribution in [-0.4, -0.2) is 17.2 Å². The summed E-state index contributed by atoms with van der Waals surface area (Å²) in [5.74, 6) is -0.833. The molecular weight excluding hydrogens is 332 g/mol. The molecule has 0 aromatic heterocycles. The zero-order chi connectivity index (χ0) is 7.15. The first kappa shape index (κ1) is 22.5. The first-order valence-corrected chi connectivity index (χ1v) is 1.54. The van der Waals surface area contributed by atoms with Gasteiger partial charge in [0.1, 0.15) is 0 Å². The standard InChI is InChI=1S/C2H4O2.CH2O3.2Ag/c1-2(3)4;2-1(3)4;;/h1H3,(H,3,4);(H2,2,3,4);;/q;;2*+1/p-2. The van der Waals surface area contributed by atoms with Gasteiger partial charge in [-0.05, 0) is 6.16 Å². The van der Waals surface area contributed by atoms with E-state index in [4.69, 9.17) is 24.9 Å². The summed E-state index contributed by atoms with van der Waals surface area (Å²) in [5.41, 5.74) is 0. The van der Waals surface area contributed by atoms with Gasteiger partial charge in [-0.15, -0.1) is 0 Å². The quantitative estimate of drug-likeness (QED) is 0.499. The number of carbonyl (C=O) groups excluding carboxylic acids is 1. The van der Waals surface area contributed by atoms with E-state index in [1.165, 1.54) is 0 Å². The van der Waals surface area contributed by atoms with Crippen LogP contribution in [0.25, 0.3) is 0 Å². The van der Waals surface area contributed by atoms with Crippen LogP contribution in [0.5, 0.6) is 0 Å². The fourth-order valence-corrected chi connectivity index (χ4v) is 0. The van der Waals surface area contributed by atoms with Crippen molar-refractivity contribution >= 4 is 12.1 Å². The molecule has 68 valence electrons. The van der Waals surface area contributed by atoms with E-state index in [9.17, 15) is 0 Å². The van der Waals surface area contributed by atoms with Crippen LogP contribution < -0.4 is 10.2 Å². The average molecular weight is 336 g/mol. The minimum Gasteiger partial charge on any atom is -0.652 e. The van der Waals surface area contributed by atoms with Crippen molar-refractivity contribution < 1.29 is 69.7 Å². The zero-order valence-electron chi connectivity index (χ0n) is 4.68. The molecular formula is C3H4Ag2O5. The summed E-state index contributed by atoms with van der Waals surface area (Å²) in [4.78, 5) is 17.3. The third kappa shape index (κ3) is 8810. The number of carboxylic acid groups (broad SMARTS) is 3. The van der Waals surface area contributed by atoms with Crippen LogP contribution in [0.2, 0.25) is 0 Å². The van der Waals surface area contributed by atoms with Gasteiger partial charge in [0.2, 0.25) is 0 Å². The van der Waals surface area contributed by atoms with Crippen LogP contribution in [0.4, 0.5) is 4.79 Å². The van der Waals surface area contributed by atoms with Gasteiger partial charge in [0, 0.05) is 6.92 Å². The summed E-state index contributed by atoms with van der Waals surface area (Å²) < 4.78 is 0. The van der Waals surface area contributed by atoms with Crippen molar-refractivity contribution in [3.63, 3.8) is 0 Å². The second-order valence-corrected chi connectivity index (χ2v) is 0.769. The van der Waals surface area contributed by atoms with Gasteiger partial charge >= 0.3 is 44.8 Å². The number of carboxylic acids is 1. The predicted molar refractivity (Wildman–Crippen MR) is 18.7 cm³/mol. The minimum atomic E-state index is -2.33. The van der Waals surface area contributed by atoms with Gasteiger partial charge in [-0.2, -0.15) is 0 Å². The van der Waals surface area contributed by atoms with Crippen molar-refractivity contribution in [2.24, 2.45) is 0 Å². The van der Waals surface area contributed by atoms with Crippen molar-refractivity contribution in [1.29, 1.82) is 0 Å². The maximum absolute atomic E-state index is 9.00. The van der Waals surface area contributed by atoms with Crippen molar-refractivity contribution in [3.05, 3.63) is 0 Å². The summed E-state index contributed by atoms with van der Waals surface area (Å²) in [6.45, 7) is 1.08. The largest absolute Gasteiger partial charge is 1.00 e. The molecule has 7 heteroatoms. The molecule has 0 aromatic rings. The van der Waals surface area contributed by atoms with E-state index in [2.05, 4.69) is 0 Å². The fraction of sp³-hybridized carbons (Fsp3) is 0.333. The number of hydrogen-bond donors (Lipinski definition) is 1. The average Bonchev–Trinajstić information content (AvgIpc) is 1.25. The van der Waals surface area contributed by atoms with Crippen LogP contribution in [0.15, 0.2) is 0 Å². The molecule has 0 bridgehead atoms. The Bertz CT molecular complexity index is 72.9. The molecule has 1 N–H and O–H groups in total. The van der Waals surface area contributed by atoms with Crippen molar-refractivity contribution in [2.75, 3.05) is 0 Å². The Kier molecular flexibility index (Phi) is 36.2. The monoisotopic (exact) mass is 334 g/mol. The molecule has 0 aliphatic carbocycles. The molecule has 0 rings (SSSR count). The Morgan fingerprint density at radius 1 is 1.20 bits per heavy atom. The fourth-order valence-electron chi connectivity index (χ4n) is 0. The Hall–Kier alpha value is 0.221. The number of carbonyl (C=O) groups is 2. The summed E-state index contributed by atoms with van der Waals surface area (Å²) in [6.07, 6.45) is -2.33. The molecule has 0 aliphatic rings. The van der Waals surface area contributed by atoms with Gasteiger partial charge in [0.25, 0.3) is 5.97 Å². The Morgan fingerprint density at radius 3 is 1.20 bits per heavy atom. The number of rotatable bonds is 0. The smallest absolute Gasteiger partial charge is 0.652 e. The molecule has 0 saturated heterocycles. The number of aliphatic carboxylic acids is 1. The zero-order valence-corrected chi connectivity index (χ0v) is 7.65. The molecule has 0 radical (unpaired) electrons. The molecule has 0 aromatic carbocycles. The van der Waals surface area contributed by atoms with Crippen molar-refractivity contribution in [1.82, 2.24) is 0 Å². The van der Waals surface area contributed by atoms with E-state index >= 15 is 0 Å². The van der Waals surface area contributed by atoms with Gasteiger partial charge in [-0.25, -0.2) is 0 Å². The Balaban J connectivity index is -0.0000000300. The van der Waals surface area contributed by atoms with Crippen molar-refractivity contribution in [2.45, 2.75) is 6.92 Å². The molecule has 0 spiro atoms. The van der Waals surface area contributed by atoms with E-state index in [1.807, 2.05) is 0 Å². The first-order valence-electron chi connectivity index (χ1n) is 1.54. The van der Waals surface area contributed by atoms with Crippen molar-refractivity contribution in [3.8, 4) is 0 Å². The summed E-state index contributed by atoms with van der Waals surface area (Å²) >= 11 is 0. The number of hydrogen-bond acceptors (Lipinski definition) is 4. The van der Waals surface area contributed by atoms with Crippen LogP contribution >= 0.6 is 0 Å². The normalized spacial score (nSPS) is 4.90. The van der Waals surface area contributed by atoms with E-state index in [1.54, 1.807) is 0 Å². The topological polar surface area (TPSA) is 100 Å². The van der Waals surface area contributed by atoms with Gasteiger partial charge < -0.3 is 20.1 Å². The molecule has 10 heavy (non-hydrogen) atoms. The Morgan fingerprint density at radius 2 is 1.20 bits per heavy atom. The minimum absolute atomic E-state index is 0. The van der Waals surface area contributed by atoms with Crippen LogP contribution in [0, 0.1) is 0 Å². The summed E-state index contributed by atoms with van der Waals surface area (Å²) in [5, 5.41) is 24.1. The second kappa shape index (κ2) is 16.1. The van der Waals surface area contributed by atoms with E-state index in [-0.39, 0.29) is 44.8 Å². The Labute approximate surface area is 88.4 Å². The molecule has 0 unspecified atom stereocenters. The van der Waals surface area contributed by atoms with Crippen LogP contribution in [0.1, 0.15) is 6.92 Å². The summed E-state index contributed by atoms with van der Waals surface area (Å²) in [6, 6.07) is 0. The predicted octanol–water partition coefficient (Wildman–Crippen LogP) is -2.36. The molecule has 0 fully saturated rings. The van der Waals surface area contributed by atoms with E-state index in [0.717, 1.165) is 6.92 Å². The summed E-state index contributed by atoms with van der Waals surface area (Å²) in [7, 11) is 0. The van der Waals surface area contributed by atoms with Gasteiger partial charge in [0.05, 0.1) is 0 Å². The SMILES string of the molecule is CC(=O)O.O=C([O-])[O-].[Ag+].[Ag+]. The van der Waals surface area contributed by atoms with Gasteiger partial charge in [-0.1, -0.05) is 0 Å².